The van der Waals surface area contributed by atoms with Gasteiger partial charge in [0, 0.05) is 44.0 Å². The first-order valence-corrected chi connectivity index (χ1v) is 9.08. The minimum atomic E-state index is 0.0972. The Morgan fingerprint density at radius 3 is 2.84 bits per heavy atom. The number of para-hydroxylation sites is 1. The number of nitrogens with zero attached hydrogens (tertiary/aromatic N) is 4. The van der Waals surface area contributed by atoms with Gasteiger partial charge in [-0.05, 0) is 38.4 Å². The lowest BCUT2D eigenvalue weighted by Gasteiger charge is -2.36. The van der Waals surface area contributed by atoms with Crippen LogP contribution in [0.25, 0.3) is 5.69 Å². The first kappa shape index (κ1) is 16.1. The highest BCUT2D eigenvalue weighted by Crippen LogP contribution is 2.21. The van der Waals surface area contributed by atoms with E-state index >= 15 is 0 Å². The molecule has 1 N–H and O–H groups in total. The van der Waals surface area contributed by atoms with Crippen LogP contribution < -0.4 is 5.32 Å². The van der Waals surface area contributed by atoms with Crippen molar-refractivity contribution in [2.24, 2.45) is 0 Å². The van der Waals surface area contributed by atoms with Gasteiger partial charge in [0.15, 0.2) is 0 Å². The first-order chi connectivity index (χ1) is 12.2. The first-order valence-electron chi connectivity index (χ1n) is 9.08. The summed E-state index contributed by atoms with van der Waals surface area (Å²) in [6, 6.07) is 10.6. The molecule has 25 heavy (non-hydrogen) atoms. The summed E-state index contributed by atoms with van der Waals surface area (Å²) in [5.74, 6) is 0. The zero-order chi connectivity index (χ0) is 17.2. The molecular formula is C19H25N5O. The Morgan fingerprint density at radius 1 is 1.24 bits per heavy atom. The van der Waals surface area contributed by atoms with Crippen LogP contribution in [0.15, 0.2) is 36.5 Å². The van der Waals surface area contributed by atoms with Gasteiger partial charge in [-0.1, -0.05) is 18.2 Å². The molecule has 3 heterocycles. The molecule has 4 rings (SSSR count). The van der Waals surface area contributed by atoms with Crippen LogP contribution >= 0.6 is 0 Å². The van der Waals surface area contributed by atoms with Gasteiger partial charge in [0.2, 0.25) is 0 Å². The van der Waals surface area contributed by atoms with Crippen molar-refractivity contribution in [2.75, 3.05) is 26.2 Å². The van der Waals surface area contributed by atoms with Crippen molar-refractivity contribution in [3.8, 4) is 5.69 Å². The Hall–Kier alpha value is -2.34. The molecule has 0 saturated carbocycles. The Labute approximate surface area is 148 Å². The van der Waals surface area contributed by atoms with E-state index in [1.807, 2.05) is 27.8 Å². The average molecular weight is 339 g/mol. The van der Waals surface area contributed by atoms with E-state index in [0.717, 1.165) is 56.9 Å². The summed E-state index contributed by atoms with van der Waals surface area (Å²) in [6.45, 7) is 6.61. The lowest BCUT2D eigenvalue weighted by molar-refractivity contribution is 0.122. The van der Waals surface area contributed by atoms with Crippen molar-refractivity contribution in [1.82, 2.24) is 24.9 Å². The topological polar surface area (TPSA) is 53.4 Å². The van der Waals surface area contributed by atoms with Gasteiger partial charge in [0.1, 0.15) is 0 Å². The monoisotopic (exact) mass is 339 g/mol. The van der Waals surface area contributed by atoms with E-state index in [9.17, 15) is 4.79 Å². The molecule has 6 nitrogen and oxygen atoms in total. The van der Waals surface area contributed by atoms with E-state index < -0.39 is 0 Å². The fraction of sp³-hybridized carbons (Fsp3) is 0.474. The highest BCUT2D eigenvalue weighted by Gasteiger charge is 2.31. The molecular weight excluding hydrogens is 314 g/mol. The van der Waals surface area contributed by atoms with E-state index in [0.29, 0.717) is 6.04 Å². The molecule has 2 aliphatic rings. The molecule has 2 aliphatic heterocycles. The number of benzene rings is 1. The number of piperidine rings is 1. The molecule has 1 aromatic heterocycles. The number of urea groups is 1. The second-order valence-electron chi connectivity index (χ2n) is 6.98. The normalized spacial score (nSPS) is 21.6. The number of hydrogen-bond acceptors (Lipinski definition) is 3. The fourth-order valence-corrected chi connectivity index (χ4v) is 3.87. The van der Waals surface area contributed by atoms with Gasteiger partial charge in [-0.15, -0.1) is 0 Å². The number of rotatable bonds is 4. The number of hydrogen-bond donors (Lipinski definition) is 1. The molecule has 2 fully saturated rings. The van der Waals surface area contributed by atoms with Crippen LogP contribution in [-0.2, 0) is 6.54 Å². The smallest absolute Gasteiger partial charge is 0.317 e. The molecule has 2 aromatic rings. The number of amides is 2. The minimum Gasteiger partial charge on any atom is -0.336 e. The fourth-order valence-electron chi connectivity index (χ4n) is 3.87. The van der Waals surface area contributed by atoms with Crippen LogP contribution in [0.5, 0.6) is 0 Å². The number of aryl methyl sites for hydroxylation is 1. The van der Waals surface area contributed by atoms with Gasteiger partial charge in [-0.25, -0.2) is 9.48 Å². The third kappa shape index (κ3) is 3.39. The van der Waals surface area contributed by atoms with Gasteiger partial charge in [-0.3, -0.25) is 4.90 Å². The molecule has 0 spiro atoms. The van der Waals surface area contributed by atoms with Crippen LogP contribution in [0.1, 0.15) is 24.1 Å². The van der Waals surface area contributed by atoms with E-state index in [1.165, 1.54) is 5.56 Å². The molecule has 0 aliphatic carbocycles. The molecule has 2 amide bonds. The summed E-state index contributed by atoms with van der Waals surface area (Å²) in [5, 5.41) is 7.59. The standard InChI is InChI=1S/C19H25N5O/c1-15-16(13-24(21-15)17-6-3-2-4-7-17)12-22-10-5-8-18(14-22)23-11-9-20-19(23)25/h2-4,6-7,13,18H,5,8-12,14H2,1H3,(H,20,25). The maximum absolute atomic E-state index is 11.9. The van der Waals surface area contributed by atoms with Crippen molar-refractivity contribution in [1.29, 1.82) is 0 Å². The van der Waals surface area contributed by atoms with E-state index in [2.05, 4.69) is 40.6 Å². The second kappa shape index (κ2) is 6.88. The zero-order valence-corrected chi connectivity index (χ0v) is 14.7. The lowest BCUT2D eigenvalue weighted by Crippen LogP contribution is -2.48. The van der Waals surface area contributed by atoms with Crippen LogP contribution in [0, 0.1) is 6.92 Å². The van der Waals surface area contributed by atoms with Crippen LogP contribution in [0.4, 0.5) is 4.79 Å². The Balaban J connectivity index is 1.45. The van der Waals surface area contributed by atoms with Gasteiger partial charge in [-0.2, -0.15) is 5.10 Å². The van der Waals surface area contributed by atoms with Crippen molar-refractivity contribution < 1.29 is 4.79 Å². The Morgan fingerprint density at radius 2 is 2.08 bits per heavy atom. The Kier molecular flexibility index (Phi) is 4.44. The number of carbonyl (C=O) groups is 1. The van der Waals surface area contributed by atoms with Crippen LogP contribution in [-0.4, -0.2) is 57.8 Å². The Bertz CT molecular complexity index is 742. The lowest BCUT2D eigenvalue weighted by atomic mass is 10.0. The van der Waals surface area contributed by atoms with Crippen molar-refractivity contribution >= 4 is 6.03 Å². The third-order valence-corrected chi connectivity index (χ3v) is 5.23. The van der Waals surface area contributed by atoms with E-state index in [-0.39, 0.29) is 6.03 Å². The molecule has 2 saturated heterocycles. The van der Waals surface area contributed by atoms with Gasteiger partial charge in [0.25, 0.3) is 0 Å². The molecule has 1 aromatic carbocycles. The molecule has 0 radical (unpaired) electrons. The van der Waals surface area contributed by atoms with Gasteiger partial charge < -0.3 is 10.2 Å². The highest BCUT2D eigenvalue weighted by atomic mass is 16.2. The quantitative estimate of drug-likeness (QED) is 0.929. The summed E-state index contributed by atoms with van der Waals surface area (Å²) in [6.07, 6.45) is 4.38. The molecule has 1 atom stereocenters. The minimum absolute atomic E-state index is 0.0972. The maximum atomic E-state index is 11.9. The average Bonchev–Trinajstić information content (AvgIpc) is 3.22. The molecule has 6 heteroatoms. The summed E-state index contributed by atoms with van der Waals surface area (Å²) in [5.41, 5.74) is 3.42. The second-order valence-corrected chi connectivity index (χ2v) is 6.98. The summed E-state index contributed by atoms with van der Waals surface area (Å²) < 4.78 is 1.96. The maximum Gasteiger partial charge on any atom is 0.317 e. The largest absolute Gasteiger partial charge is 0.336 e. The number of carbonyl (C=O) groups excluding carboxylic acids is 1. The van der Waals surface area contributed by atoms with Gasteiger partial charge in [0.05, 0.1) is 11.4 Å². The van der Waals surface area contributed by atoms with Crippen molar-refractivity contribution in [3.63, 3.8) is 0 Å². The van der Waals surface area contributed by atoms with E-state index in [4.69, 9.17) is 0 Å². The van der Waals surface area contributed by atoms with Crippen LogP contribution in [0.3, 0.4) is 0 Å². The van der Waals surface area contributed by atoms with Crippen molar-refractivity contribution in [3.05, 3.63) is 47.8 Å². The third-order valence-electron chi connectivity index (χ3n) is 5.23. The zero-order valence-electron chi connectivity index (χ0n) is 14.7. The number of likely N-dealkylation sites (tertiary alicyclic amines) is 1. The van der Waals surface area contributed by atoms with E-state index in [1.54, 1.807) is 0 Å². The van der Waals surface area contributed by atoms with Crippen LogP contribution in [0.2, 0.25) is 0 Å². The SMILES string of the molecule is Cc1nn(-c2ccccc2)cc1CN1CCCC(N2CCNC2=O)C1. The highest BCUT2D eigenvalue weighted by molar-refractivity contribution is 5.76. The summed E-state index contributed by atoms with van der Waals surface area (Å²) >= 11 is 0. The summed E-state index contributed by atoms with van der Waals surface area (Å²) in [7, 11) is 0. The summed E-state index contributed by atoms with van der Waals surface area (Å²) in [4.78, 5) is 16.4. The molecule has 132 valence electrons. The predicted molar refractivity (Wildman–Crippen MR) is 96.7 cm³/mol. The number of nitrogens with one attached hydrogen (secondary N) is 1. The van der Waals surface area contributed by atoms with Crippen molar-refractivity contribution in [2.45, 2.75) is 32.4 Å². The number of aromatic nitrogens is 2. The molecule has 1 unspecified atom stereocenters. The van der Waals surface area contributed by atoms with Gasteiger partial charge >= 0.3 is 6.03 Å². The predicted octanol–water partition coefficient (Wildman–Crippen LogP) is 2.17. The molecule has 0 bridgehead atoms.